The molecule has 24 heavy (non-hydrogen) atoms. The van der Waals surface area contributed by atoms with E-state index in [4.69, 9.17) is 9.72 Å². The minimum absolute atomic E-state index is 0.411. The largest absolute Gasteiger partial charge is 0.481 e. The molecule has 126 valence electrons. The van der Waals surface area contributed by atoms with Gasteiger partial charge in [-0.3, -0.25) is 4.68 Å². The molecule has 0 bridgehead atoms. The molecule has 4 rings (SSSR count). The molecule has 0 aliphatic carbocycles. The summed E-state index contributed by atoms with van der Waals surface area (Å²) in [6.07, 6.45) is 7.98. The zero-order chi connectivity index (χ0) is 16.7. The van der Waals surface area contributed by atoms with Gasteiger partial charge in [-0.2, -0.15) is 14.7 Å². The molecule has 1 unspecified atom stereocenters. The number of hydrogen-bond acceptors (Lipinski definition) is 5. The second-order valence-corrected chi connectivity index (χ2v) is 6.37. The molecule has 3 aromatic heterocycles. The van der Waals surface area contributed by atoms with Gasteiger partial charge in [0.25, 0.3) is 0 Å². The fraction of sp³-hybridized carbons (Fsp3) is 0.471. The molecule has 1 atom stereocenters. The van der Waals surface area contributed by atoms with E-state index in [1.54, 1.807) is 16.3 Å². The first-order chi connectivity index (χ1) is 11.7. The van der Waals surface area contributed by atoms with Crippen molar-refractivity contribution in [1.82, 2.24) is 29.7 Å². The lowest BCUT2D eigenvalue weighted by atomic mass is 9.93. The molecule has 1 fully saturated rings. The number of nitrogens with one attached hydrogen (secondary N) is 1. The number of aryl methyl sites for hydroxylation is 1. The van der Waals surface area contributed by atoms with E-state index in [-0.39, 0.29) is 0 Å². The summed E-state index contributed by atoms with van der Waals surface area (Å²) in [6.45, 7) is 4.12. The maximum absolute atomic E-state index is 5.66. The van der Waals surface area contributed by atoms with Gasteiger partial charge in [0.15, 0.2) is 5.65 Å². The van der Waals surface area contributed by atoms with E-state index in [1.165, 1.54) is 6.42 Å². The van der Waals surface area contributed by atoms with Crippen molar-refractivity contribution >= 4 is 5.65 Å². The molecule has 1 aliphatic heterocycles. The van der Waals surface area contributed by atoms with Crippen molar-refractivity contribution in [2.45, 2.75) is 25.7 Å². The van der Waals surface area contributed by atoms with Crippen LogP contribution < -0.4 is 10.1 Å². The lowest BCUT2D eigenvalue weighted by Gasteiger charge is -2.24. The van der Waals surface area contributed by atoms with Crippen LogP contribution in [0.3, 0.4) is 0 Å². The van der Waals surface area contributed by atoms with Crippen molar-refractivity contribution < 1.29 is 4.74 Å². The number of nitrogens with zero attached hydrogens (tertiary/aromatic N) is 5. The zero-order valence-electron chi connectivity index (χ0n) is 14.3. The summed E-state index contributed by atoms with van der Waals surface area (Å²) in [5.41, 5.74) is 4.99. The fourth-order valence-electron chi connectivity index (χ4n) is 3.55. The average molecular weight is 326 g/mol. The van der Waals surface area contributed by atoms with Gasteiger partial charge < -0.3 is 10.1 Å². The second kappa shape index (κ2) is 5.90. The number of fused-ring (bicyclic) bond motifs is 1. The summed E-state index contributed by atoms with van der Waals surface area (Å²) in [4.78, 5) is 5.00. The Labute approximate surface area is 140 Å². The highest BCUT2D eigenvalue weighted by Crippen LogP contribution is 2.33. The van der Waals surface area contributed by atoms with Gasteiger partial charge in [-0.15, -0.1) is 0 Å². The van der Waals surface area contributed by atoms with Crippen LogP contribution in [0.15, 0.2) is 18.6 Å². The first kappa shape index (κ1) is 15.1. The van der Waals surface area contributed by atoms with E-state index in [1.807, 2.05) is 25.6 Å². The molecule has 0 radical (unpaired) electrons. The van der Waals surface area contributed by atoms with Crippen molar-refractivity contribution in [3.8, 4) is 17.0 Å². The van der Waals surface area contributed by atoms with Crippen molar-refractivity contribution in [2.75, 3.05) is 20.2 Å². The highest BCUT2D eigenvalue weighted by molar-refractivity contribution is 5.77. The smallest absolute Gasteiger partial charge is 0.221 e. The topological polar surface area (TPSA) is 69.3 Å². The molecular weight excluding hydrogens is 304 g/mol. The first-order valence-electron chi connectivity index (χ1n) is 8.31. The molecule has 1 aliphatic rings. The Morgan fingerprint density at radius 2 is 2.17 bits per heavy atom. The fourth-order valence-corrected chi connectivity index (χ4v) is 3.55. The van der Waals surface area contributed by atoms with Gasteiger partial charge in [0.1, 0.15) is 0 Å². The van der Waals surface area contributed by atoms with Crippen LogP contribution in [-0.4, -0.2) is 44.6 Å². The normalized spacial score (nSPS) is 18.2. The molecule has 0 saturated carbocycles. The summed E-state index contributed by atoms with van der Waals surface area (Å²) in [6, 6.07) is 0. The van der Waals surface area contributed by atoms with E-state index in [9.17, 15) is 0 Å². The Kier molecular flexibility index (Phi) is 3.72. The minimum atomic E-state index is 0.411. The van der Waals surface area contributed by atoms with Gasteiger partial charge >= 0.3 is 0 Å². The first-order valence-corrected chi connectivity index (χ1v) is 8.31. The molecule has 4 heterocycles. The molecule has 3 aromatic rings. The van der Waals surface area contributed by atoms with Gasteiger partial charge in [-0.1, -0.05) is 0 Å². The average Bonchev–Trinajstić information content (AvgIpc) is 3.21. The Morgan fingerprint density at radius 1 is 1.29 bits per heavy atom. The van der Waals surface area contributed by atoms with Gasteiger partial charge in [-0.25, -0.2) is 4.98 Å². The third-order valence-corrected chi connectivity index (χ3v) is 4.76. The number of hydrogen-bond donors (Lipinski definition) is 1. The number of aromatic nitrogens is 5. The number of ether oxygens (including phenoxy) is 1. The lowest BCUT2D eigenvalue weighted by molar-refractivity contribution is 0.376. The SMILES string of the molecule is COc1c(C)c(C2CCCNC2)nc2c(-c3cnn(C)c3)cnn12. The number of methoxy groups -OCH3 is 1. The maximum Gasteiger partial charge on any atom is 0.221 e. The molecule has 7 nitrogen and oxygen atoms in total. The molecule has 1 N–H and O–H groups in total. The highest BCUT2D eigenvalue weighted by Gasteiger charge is 2.24. The van der Waals surface area contributed by atoms with E-state index < -0.39 is 0 Å². The molecule has 0 amide bonds. The Balaban J connectivity index is 1.91. The van der Waals surface area contributed by atoms with E-state index in [0.717, 1.165) is 53.4 Å². The van der Waals surface area contributed by atoms with Crippen LogP contribution in [-0.2, 0) is 7.05 Å². The third-order valence-electron chi connectivity index (χ3n) is 4.76. The van der Waals surface area contributed by atoms with E-state index >= 15 is 0 Å². The summed E-state index contributed by atoms with van der Waals surface area (Å²) < 4.78 is 9.24. The highest BCUT2D eigenvalue weighted by atomic mass is 16.5. The van der Waals surface area contributed by atoms with Crippen LogP contribution in [0.25, 0.3) is 16.8 Å². The van der Waals surface area contributed by atoms with Crippen molar-refractivity contribution in [2.24, 2.45) is 7.05 Å². The monoisotopic (exact) mass is 326 g/mol. The predicted molar refractivity (Wildman–Crippen MR) is 91.3 cm³/mol. The van der Waals surface area contributed by atoms with Gasteiger partial charge in [0.05, 0.1) is 25.2 Å². The Hall–Kier alpha value is -2.41. The van der Waals surface area contributed by atoms with Crippen LogP contribution >= 0.6 is 0 Å². The van der Waals surface area contributed by atoms with Gasteiger partial charge in [-0.05, 0) is 26.3 Å². The lowest BCUT2D eigenvalue weighted by Crippen LogP contribution is -2.29. The maximum atomic E-state index is 5.66. The standard InChI is InChI=1S/C17H22N6O/c1-11-15(12-5-4-6-18-7-12)21-16-14(13-8-19-22(2)10-13)9-20-23(16)17(11)24-3/h8-10,12,18H,4-7H2,1-3H3. The van der Waals surface area contributed by atoms with E-state index in [0.29, 0.717) is 5.92 Å². The van der Waals surface area contributed by atoms with Crippen LogP contribution in [0.1, 0.15) is 30.0 Å². The molecule has 1 saturated heterocycles. The van der Waals surface area contributed by atoms with Crippen molar-refractivity contribution in [3.05, 3.63) is 29.8 Å². The predicted octanol–water partition coefficient (Wildman–Crippen LogP) is 1.91. The van der Waals surface area contributed by atoms with Crippen LogP contribution in [0.5, 0.6) is 5.88 Å². The molecule has 0 spiro atoms. The summed E-state index contributed by atoms with van der Waals surface area (Å²) in [7, 11) is 3.60. The van der Waals surface area contributed by atoms with E-state index in [2.05, 4.69) is 22.4 Å². The summed E-state index contributed by atoms with van der Waals surface area (Å²) >= 11 is 0. The van der Waals surface area contributed by atoms with Crippen LogP contribution in [0.4, 0.5) is 0 Å². The van der Waals surface area contributed by atoms with Gasteiger partial charge in [0, 0.05) is 42.4 Å². The summed E-state index contributed by atoms with van der Waals surface area (Å²) in [5.74, 6) is 1.17. The molecule has 7 heteroatoms. The van der Waals surface area contributed by atoms with Crippen molar-refractivity contribution in [3.63, 3.8) is 0 Å². The Morgan fingerprint density at radius 3 is 2.83 bits per heavy atom. The number of piperidine rings is 1. The second-order valence-electron chi connectivity index (χ2n) is 6.37. The van der Waals surface area contributed by atoms with Gasteiger partial charge in [0.2, 0.25) is 5.88 Å². The molecular formula is C17H22N6O. The van der Waals surface area contributed by atoms with Crippen molar-refractivity contribution in [1.29, 1.82) is 0 Å². The molecule has 0 aromatic carbocycles. The summed E-state index contributed by atoms with van der Waals surface area (Å²) in [5, 5.41) is 12.2. The Bertz CT molecular complexity index is 875. The minimum Gasteiger partial charge on any atom is -0.481 e. The van der Waals surface area contributed by atoms with Crippen LogP contribution in [0.2, 0.25) is 0 Å². The zero-order valence-corrected chi connectivity index (χ0v) is 14.3. The quantitative estimate of drug-likeness (QED) is 0.796. The third kappa shape index (κ3) is 2.36. The van der Waals surface area contributed by atoms with Crippen LogP contribution in [0, 0.1) is 6.92 Å². The number of rotatable bonds is 3.